The molecule has 0 saturated heterocycles. The number of hydrogen-bond acceptors (Lipinski definition) is 3. The van der Waals surface area contributed by atoms with E-state index >= 15 is 0 Å². The third kappa shape index (κ3) is 2.89. The quantitative estimate of drug-likeness (QED) is 0.592. The van der Waals surface area contributed by atoms with E-state index in [1.54, 1.807) is 12.1 Å². The van der Waals surface area contributed by atoms with Crippen molar-refractivity contribution in [2.24, 2.45) is 0 Å². The van der Waals surface area contributed by atoms with Crippen LogP contribution in [0.15, 0.2) is 48.5 Å². The Labute approximate surface area is 104 Å². The lowest BCUT2D eigenvalue weighted by molar-refractivity contribution is 0.105. The molecule has 0 aliphatic heterocycles. The third-order valence-corrected chi connectivity index (χ3v) is 2.26. The fraction of sp³-hybridized carbons (Fsp3) is 0. The molecule has 0 amide bonds. The Morgan fingerprint density at radius 2 is 1.56 bits per heavy atom. The monoisotopic (exact) mass is 238 g/mol. The number of carbonyl (C=O) groups excluding carboxylic acids is 1. The summed E-state index contributed by atoms with van der Waals surface area (Å²) >= 11 is 0. The summed E-state index contributed by atoms with van der Waals surface area (Å²) in [7, 11) is 0. The van der Waals surface area contributed by atoms with Gasteiger partial charge in [-0.15, -0.1) is 0 Å². The lowest BCUT2D eigenvalue weighted by Gasteiger charge is -1.97. The number of benzene rings is 2. The Kier molecular flexibility index (Phi) is 3.31. The highest BCUT2D eigenvalue weighted by Gasteiger charge is 2.05. The van der Waals surface area contributed by atoms with Gasteiger partial charge in [-0.2, -0.15) is 0 Å². The first-order valence-electron chi connectivity index (χ1n) is 5.29. The van der Waals surface area contributed by atoms with Crippen molar-refractivity contribution in [3.05, 3.63) is 59.7 Å². The number of phenols is 2. The zero-order valence-corrected chi connectivity index (χ0v) is 9.42. The number of rotatable bonds is 1. The summed E-state index contributed by atoms with van der Waals surface area (Å²) < 4.78 is 0. The molecule has 0 saturated carbocycles. The molecule has 0 fully saturated rings. The van der Waals surface area contributed by atoms with Crippen molar-refractivity contribution in [3.8, 4) is 23.3 Å². The molecule has 18 heavy (non-hydrogen) atoms. The Morgan fingerprint density at radius 3 is 2.17 bits per heavy atom. The molecule has 88 valence electrons. The van der Waals surface area contributed by atoms with Crippen LogP contribution >= 0.6 is 0 Å². The van der Waals surface area contributed by atoms with Crippen molar-refractivity contribution in [1.82, 2.24) is 0 Å². The summed E-state index contributed by atoms with van der Waals surface area (Å²) in [5.74, 6) is 4.39. The Morgan fingerprint density at radius 1 is 0.944 bits per heavy atom. The van der Waals surface area contributed by atoms with Crippen LogP contribution in [-0.4, -0.2) is 16.0 Å². The van der Waals surface area contributed by atoms with Crippen LogP contribution in [0.2, 0.25) is 0 Å². The van der Waals surface area contributed by atoms with Gasteiger partial charge in [0.25, 0.3) is 0 Å². The second kappa shape index (κ2) is 5.07. The van der Waals surface area contributed by atoms with Crippen molar-refractivity contribution in [2.75, 3.05) is 0 Å². The number of Topliss-reactive ketones (excluding diaryl/α,β-unsaturated/α-hetero) is 1. The predicted octanol–water partition coefficient (Wildman–Crippen LogP) is 2.33. The molecule has 0 aliphatic rings. The second-order valence-corrected chi connectivity index (χ2v) is 3.68. The van der Waals surface area contributed by atoms with E-state index in [1.165, 1.54) is 12.1 Å². The average Bonchev–Trinajstić information content (AvgIpc) is 2.36. The third-order valence-electron chi connectivity index (χ3n) is 2.26. The van der Waals surface area contributed by atoms with Crippen molar-refractivity contribution in [1.29, 1.82) is 0 Å². The summed E-state index contributed by atoms with van der Waals surface area (Å²) in [4.78, 5) is 11.7. The molecule has 0 aliphatic carbocycles. The van der Waals surface area contributed by atoms with Crippen LogP contribution in [-0.2, 0) is 0 Å². The molecule has 0 heterocycles. The van der Waals surface area contributed by atoms with Gasteiger partial charge < -0.3 is 10.2 Å². The van der Waals surface area contributed by atoms with Gasteiger partial charge in [-0.05, 0) is 30.2 Å². The van der Waals surface area contributed by atoms with E-state index in [4.69, 9.17) is 0 Å². The van der Waals surface area contributed by atoms with E-state index < -0.39 is 5.78 Å². The van der Waals surface area contributed by atoms with Crippen LogP contribution in [0, 0.1) is 11.8 Å². The zero-order valence-electron chi connectivity index (χ0n) is 9.42. The molecular weight excluding hydrogens is 228 g/mol. The van der Waals surface area contributed by atoms with Crippen molar-refractivity contribution in [3.63, 3.8) is 0 Å². The van der Waals surface area contributed by atoms with E-state index in [0.29, 0.717) is 0 Å². The number of phenolic OH excluding ortho intramolecular Hbond substituents is 2. The highest BCUT2D eigenvalue weighted by atomic mass is 16.3. The van der Waals surface area contributed by atoms with Gasteiger partial charge >= 0.3 is 0 Å². The van der Waals surface area contributed by atoms with Crippen LogP contribution in [0.25, 0.3) is 0 Å². The second-order valence-electron chi connectivity index (χ2n) is 3.68. The van der Waals surface area contributed by atoms with E-state index in [2.05, 4.69) is 11.8 Å². The van der Waals surface area contributed by atoms with Crippen LogP contribution in [0.4, 0.5) is 0 Å². The maximum Gasteiger partial charge on any atom is 0.236 e. The van der Waals surface area contributed by atoms with E-state index in [-0.39, 0.29) is 17.1 Å². The van der Waals surface area contributed by atoms with E-state index in [1.807, 2.05) is 18.2 Å². The molecule has 0 unspecified atom stereocenters. The minimum Gasteiger partial charge on any atom is -0.508 e. The molecule has 3 nitrogen and oxygen atoms in total. The largest absolute Gasteiger partial charge is 0.508 e. The SMILES string of the molecule is O=C(C#Cc1ccccc1)c1cc(O)cc(O)c1. The van der Waals surface area contributed by atoms with Gasteiger partial charge in [0, 0.05) is 17.2 Å². The van der Waals surface area contributed by atoms with Gasteiger partial charge in [0.1, 0.15) is 11.5 Å². The normalized spacial score (nSPS) is 9.33. The highest BCUT2D eigenvalue weighted by molar-refractivity contribution is 6.09. The maximum atomic E-state index is 11.7. The summed E-state index contributed by atoms with van der Waals surface area (Å²) in [6.07, 6.45) is 0. The fourth-order valence-electron chi connectivity index (χ4n) is 1.45. The number of hydrogen-bond donors (Lipinski definition) is 2. The first-order valence-corrected chi connectivity index (χ1v) is 5.29. The Hall–Kier alpha value is -2.73. The summed E-state index contributed by atoms with van der Waals surface area (Å²) in [5.41, 5.74) is 0.895. The standard InChI is InChI=1S/C15H10O3/c16-13-8-12(9-14(17)10-13)15(18)7-6-11-4-2-1-3-5-11/h1-5,8-10,16-17H. The molecule has 0 bridgehead atoms. The smallest absolute Gasteiger partial charge is 0.236 e. The Bertz CT molecular complexity index is 614. The first-order chi connectivity index (χ1) is 8.65. The van der Waals surface area contributed by atoms with Gasteiger partial charge in [-0.1, -0.05) is 24.1 Å². The molecule has 2 rings (SSSR count). The zero-order chi connectivity index (χ0) is 13.0. The first kappa shape index (κ1) is 11.7. The van der Waals surface area contributed by atoms with Crippen molar-refractivity contribution in [2.45, 2.75) is 0 Å². The van der Waals surface area contributed by atoms with Gasteiger partial charge in [0.15, 0.2) is 0 Å². The van der Waals surface area contributed by atoms with Crippen molar-refractivity contribution >= 4 is 5.78 Å². The lowest BCUT2D eigenvalue weighted by atomic mass is 10.1. The molecule has 0 aromatic heterocycles. The average molecular weight is 238 g/mol. The molecule has 0 spiro atoms. The maximum absolute atomic E-state index is 11.7. The molecule has 2 aromatic rings. The molecule has 0 atom stereocenters. The molecule has 0 radical (unpaired) electrons. The topological polar surface area (TPSA) is 57.5 Å². The molecular formula is C15H10O3. The van der Waals surface area contributed by atoms with Gasteiger partial charge in [0.05, 0.1) is 0 Å². The van der Waals surface area contributed by atoms with E-state index in [9.17, 15) is 15.0 Å². The van der Waals surface area contributed by atoms with E-state index in [0.717, 1.165) is 11.6 Å². The van der Waals surface area contributed by atoms with Gasteiger partial charge in [-0.3, -0.25) is 4.79 Å². The predicted molar refractivity (Wildman–Crippen MR) is 67.4 cm³/mol. The van der Waals surface area contributed by atoms with Crippen LogP contribution in [0.5, 0.6) is 11.5 Å². The van der Waals surface area contributed by atoms with Gasteiger partial charge in [-0.25, -0.2) is 0 Å². The Balaban J connectivity index is 2.25. The summed E-state index contributed by atoms with van der Waals surface area (Å²) in [6.45, 7) is 0. The molecule has 3 heteroatoms. The number of aromatic hydroxyl groups is 2. The van der Waals surface area contributed by atoms with Crippen LogP contribution in [0.1, 0.15) is 15.9 Å². The highest BCUT2D eigenvalue weighted by Crippen LogP contribution is 2.20. The summed E-state index contributed by atoms with van der Waals surface area (Å²) in [5, 5.41) is 18.5. The minimum absolute atomic E-state index is 0.163. The van der Waals surface area contributed by atoms with Crippen LogP contribution < -0.4 is 0 Å². The lowest BCUT2D eigenvalue weighted by Crippen LogP contribution is -1.94. The van der Waals surface area contributed by atoms with Crippen LogP contribution in [0.3, 0.4) is 0 Å². The molecule has 2 N–H and O–H groups in total. The fourth-order valence-corrected chi connectivity index (χ4v) is 1.45. The summed E-state index contributed by atoms with van der Waals surface area (Å²) in [6, 6.07) is 12.8. The minimum atomic E-state index is -0.454. The number of ketones is 1. The number of carbonyl (C=O) groups is 1. The van der Waals surface area contributed by atoms with Gasteiger partial charge in [0.2, 0.25) is 5.78 Å². The molecule has 2 aromatic carbocycles. The van der Waals surface area contributed by atoms with Crippen molar-refractivity contribution < 1.29 is 15.0 Å².